The summed E-state index contributed by atoms with van der Waals surface area (Å²) in [6.07, 6.45) is -0.0706. The SMILES string of the molecule is O=C(O)C(Cc1c(F)cccc1Cl)c1ccc(Cl)c(Cl)c1. The Kier molecular flexibility index (Phi) is 5.09. The Hall–Kier alpha value is -1.29. The minimum atomic E-state index is -1.09. The van der Waals surface area contributed by atoms with Crippen molar-refractivity contribution in [2.45, 2.75) is 12.3 Å². The van der Waals surface area contributed by atoms with Crippen molar-refractivity contribution in [1.82, 2.24) is 0 Å². The van der Waals surface area contributed by atoms with Crippen molar-refractivity contribution >= 4 is 40.8 Å². The van der Waals surface area contributed by atoms with E-state index in [0.717, 1.165) is 0 Å². The number of halogens is 4. The molecule has 0 saturated carbocycles. The van der Waals surface area contributed by atoms with Crippen LogP contribution in [0.15, 0.2) is 36.4 Å². The quantitative estimate of drug-likeness (QED) is 0.825. The van der Waals surface area contributed by atoms with Crippen LogP contribution in [-0.2, 0) is 11.2 Å². The second kappa shape index (κ2) is 6.65. The number of aliphatic carboxylic acids is 1. The second-order valence-corrected chi connectivity index (χ2v) is 5.69. The molecular weight excluding hydrogens is 338 g/mol. The van der Waals surface area contributed by atoms with Crippen LogP contribution < -0.4 is 0 Å². The first-order valence-corrected chi connectivity index (χ1v) is 7.14. The summed E-state index contributed by atoms with van der Waals surface area (Å²) in [5.74, 6) is -2.59. The molecule has 1 N–H and O–H groups in total. The van der Waals surface area contributed by atoms with Crippen LogP contribution in [0, 0.1) is 5.82 Å². The number of carboxylic acids is 1. The first-order chi connectivity index (χ1) is 9.90. The molecule has 2 aromatic rings. The summed E-state index contributed by atoms with van der Waals surface area (Å²) in [4.78, 5) is 11.5. The zero-order valence-electron chi connectivity index (χ0n) is 10.6. The van der Waals surface area contributed by atoms with Gasteiger partial charge in [-0.15, -0.1) is 0 Å². The minimum Gasteiger partial charge on any atom is -0.481 e. The molecule has 0 aliphatic carbocycles. The maximum atomic E-state index is 13.8. The van der Waals surface area contributed by atoms with Crippen molar-refractivity contribution in [2.75, 3.05) is 0 Å². The number of rotatable bonds is 4. The van der Waals surface area contributed by atoms with Crippen molar-refractivity contribution in [3.05, 3.63) is 68.4 Å². The van der Waals surface area contributed by atoms with E-state index in [9.17, 15) is 14.3 Å². The monoisotopic (exact) mass is 346 g/mol. The van der Waals surface area contributed by atoms with E-state index in [-0.39, 0.29) is 22.0 Å². The summed E-state index contributed by atoms with van der Waals surface area (Å²) >= 11 is 17.7. The van der Waals surface area contributed by atoms with E-state index in [1.807, 2.05) is 0 Å². The van der Waals surface area contributed by atoms with E-state index in [0.29, 0.717) is 10.6 Å². The van der Waals surface area contributed by atoms with Crippen LogP contribution in [0.3, 0.4) is 0 Å². The third-order valence-corrected chi connectivity index (χ3v) is 4.21. The Labute approximate surface area is 136 Å². The molecule has 0 aliphatic heterocycles. The molecule has 0 saturated heterocycles. The highest BCUT2D eigenvalue weighted by atomic mass is 35.5. The summed E-state index contributed by atoms with van der Waals surface area (Å²) in [6, 6.07) is 8.77. The molecule has 1 unspecified atom stereocenters. The molecule has 0 aromatic heterocycles. The normalized spacial score (nSPS) is 12.2. The van der Waals surface area contributed by atoms with E-state index < -0.39 is 17.7 Å². The highest BCUT2D eigenvalue weighted by Gasteiger charge is 2.23. The number of carboxylic acid groups (broad SMARTS) is 1. The Bertz CT molecular complexity index is 668. The van der Waals surface area contributed by atoms with Crippen molar-refractivity contribution in [3.8, 4) is 0 Å². The predicted octanol–water partition coefficient (Wildman–Crippen LogP) is 5.20. The summed E-state index contributed by atoms with van der Waals surface area (Å²) in [6.45, 7) is 0. The molecule has 2 aromatic carbocycles. The summed E-state index contributed by atoms with van der Waals surface area (Å²) in [7, 11) is 0. The third-order valence-electron chi connectivity index (χ3n) is 3.11. The summed E-state index contributed by atoms with van der Waals surface area (Å²) in [5.41, 5.74) is 0.605. The van der Waals surface area contributed by atoms with E-state index in [1.165, 1.54) is 30.3 Å². The molecule has 0 aliphatic rings. The van der Waals surface area contributed by atoms with Gasteiger partial charge in [-0.3, -0.25) is 4.79 Å². The van der Waals surface area contributed by atoms with Gasteiger partial charge in [0.25, 0.3) is 0 Å². The maximum Gasteiger partial charge on any atom is 0.311 e. The lowest BCUT2D eigenvalue weighted by Crippen LogP contribution is -2.15. The van der Waals surface area contributed by atoms with Gasteiger partial charge in [-0.1, -0.05) is 46.9 Å². The molecule has 0 fully saturated rings. The minimum absolute atomic E-state index is 0.0706. The van der Waals surface area contributed by atoms with Crippen molar-refractivity contribution in [3.63, 3.8) is 0 Å². The molecule has 0 radical (unpaired) electrons. The zero-order valence-corrected chi connectivity index (χ0v) is 12.9. The smallest absolute Gasteiger partial charge is 0.311 e. The summed E-state index contributed by atoms with van der Waals surface area (Å²) < 4.78 is 13.8. The van der Waals surface area contributed by atoms with Crippen LogP contribution >= 0.6 is 34.8 Å². The number of hydrogen-bond donors (Lipinski definition) is 1. The average molecular weight is 348 g/mol. The van der Waals surface area contributed by atoms with Gasteiger partial charge in [-0.05, 0) is 36.2 Å². The molecule has 1 atom stereocenters. The fourth-order valence-corrected chi connectivity index (χ4v) is 2.56. The van der Waals surface area contributed by atoms with E-state index in [4.69, 9.17) is 34.8 Å². The maximum absolute atomic E-state index is 13.8. The van der Waals surface area contributed by atoms with Gasteiger partial charge in [0.2, 0.25) is 0 Å². The topological polar surface area (TPSA) is 37.3 Å². The Morgan fingerprint density at radius 2 is 1.81 bits per heavy atom. The number of hydrogen-bond acceptors (Lipinski definition) is 1. The van der Waals surface area contributed by atoms with Gasteiger partial charge < -0.3 is 5.11 Å². The second-order valence-electron chi connectivity index (χ2n) is 4.47. The molecular formula is C15H10Cl3FO2. The Morgan fingerprint density at radius 3 is 2.38 bits per heavy atom. The van der Waals surface area contributed by atoms with Crippen molar-refractivity contribution < 1.29 is 14.3 Å². The third kappa shape index (κ3) is 3.67. The summed E-state index contributed by atoms with van der Waals surface area (Å²) in [5, 5.41) is 10.2. The van der Waals surface area contributed by atoms with Gasteiger partial charge in [0, 0.05) is 10.6 Å². The standard InChI is InChI=1S/C15H10Cl3FO2/c16-11-2-1-3-14(19)10(11)7-9(15(20)21)8-4-5-12(17)13(18)6-8/h1-6,9H,7H2,(H,20,21). The highest BCUT2D eigenvalue weighted by Crippen LogP contribution is 2.31. The molecule has 0 bridgehead atoms. The molecule has 6 heteroatoms. The first kappa shape index (κ1) is 16.1. The van der Waals surface area contributed by atoms with Crippen LogP contribution in [0.1, 0.15) is 17.0 Å². The molecule has 2 nitrogen and oxygen atoms in total. The fourth-order valence-electron chi connectivity index (χ4n) is 2.01. The van der Waals surface area contributed by atoms with Crippen LogP contribution in [-0.4, -0.2) is 11.1 Å². The van der Waals surface area contributed by atoms with Crippen LogP contribution in [0.2, 0.25) is 15.1 Å². The Morgan fingerprint density at radius 1 is 1.10 bits per heavy atom. The van der Waals surface area contributed by atoms with Crippen LogP contribution in [0.5, 0.6) is 0 Å². The van der Waals surface area contributed by atoms with E-state index >= 15 is 0 Å². The van der Waals surface area contributed by atoms with Gasteiger partial charge >= 0.3 is 5.97 Å². The predicted molar refractivity (Wildman–Crippen MR) is 82.0 cm³/mol. The lowest BCUT2D eigenvalue weighted by molar-refractivity contribution is -0.138. The van der Waals surface area contributed by atoms with Gasteiger partial charge in [-0.25, -0.2) is 4.39 Å². The number of carbonyl (C=O) groups is 1. The molecule has 110 valence electrons. The van der Waals surface area contributed by atoms with Gasteiger partial charge in [0.15, 0.2) is 0 Å². The van der Waals surface area contributed by atoms with Crippen molar-refractivity contribution in [2.24, 2.45) is 0 Å². The molecule has 0 heterocycles. The van der Waals surface area contributed by atoms with E-state index in [2.05, 4.69) is 0 Å². The highest BCUT2D eigenvalue weighted by molar-refractivity contribution is 6.42. The average Bonchev–Trinajstić information content (AvgIpc) is 2.41. The molecule has 21 heavy (non-hydrogen) atoms. The lowest BCUT2D eigenvalue weighted by Gasteiger charge is -2.15. The molecule has 0 amide bonds. The van der Waals surface area contributed by atoms with E-state index in [1.54, 1.807) is 6.07 Å². The van der Waals surface area contributed by atoms with Crippen molar-refractivity contribution in [1.29, 1.82) is 0 Å². The fraction of sp³-hybridized carbons (Fsp3) is 0.133. The molecule has 0 spiro atoms. The van der Waals surface area contributed by atoms with Crippen LogP contribution in [0.25, 0.3) is 0 Å². The van der Waals surface area contributed by atoms with Gasteiger partial charge in [0.05, 0.1) is 16.0 Å². The van der Waals surface area contributed by atoms with Gasteiger partial charge in [-0.2, -0.15) is 0 Å². The lowest BCUT2D eigenvalue weighted by atomic mass is 9.92. The first-order valence-electron chi connectivity index (χ1n) is 6.00. The zero-order chi connectivity index (χ0) is 15.6. The molecule has 2 rings (SSSR count). The van der Waals surface area contributed by atoms with Crippen LogP contribution in [0.4, 0.5) is 4.39 Å². The van der Waals surface area contributed by atoms with Gasteiger partial charge in [0.1, 0.15) is 5.82 Å². The largest absolute Gasteiger partial charge is 0.481 e. The Balaban J connectivity index is 2.40. The number of benzene rings is 2.